The van der Waals surface area contributed by atoms with Gasteiger partial charge in [0, 0.05) is 38.2 Å². The summed E-state index contributed by atoms with van der Waals surface area (Å²) in [7, 11) is 0. The molecule has 0 spiro atoms. The molecule has 13 nitrogen and oxygen atoms in total. The van der Waals surface area contributed by atoms with Gasteiger partial charge >= 0.3 is 0 Å². The van der Waals surface area contributed by atoms with Crippen molar-refractivity contribution < 1.29 is 0 Å². The summed E-state index contributed by atoms with van der Waals surface area (Å²) in [4.78, 5) is 10.8. The van der Waals surface area contributed by atoms with Gasteiger partial charge in [-0.1, -0.05) is 109 Å². The number of nitrogens with zero attached hydrogens (tertiary/aromatic N) is 13. The van der Waals surface area contributed by atoms with E-state index in [4.69, 9.17) is 9.97 Å². The fraction of sp³-hybridized carbons (Fsp3) is 0. The average Bonchev–Trinajstić information content (AvgIpc) is 1.52. The van der Waals surface area contributed by atoms with Gasteiger partial charge in [-0.15, -0.1) is 0 Å². The van der Waals surface area contributed by atoms with Gasteiger partial charge in [0.25, 0.3) is 0 Å². The van der Waals surface area contributed by atoms with Crippen molar-refractivity contribution in [2.45, 2.75) is 0 Å². The minimum absolute atomic E-state index is 0.283. The Balaban J connectivity index is 1.14. The lowest BCUT2D eigenvalue weighted by atomic mass is 9.95. The zero-order chi connectivity index (χ0) is 63.1. The maximum atomic E-state index is 11.5. The first kappa shape index (κ1) is 55.4. The van der Waals surface area contributed by atoms with Crippen molar-refractivity contribution in [2.75, 3.05) is 0 Å². The van der Waals surface area contributed by atoms with E-state index in [1.54, 1.807) is 72.8 Å². The van der Waals surface area contributed by atoms with E-state index in [0.29, 0.717) is 145 Å². The molecule has 0 N–H and O–H groups in total. The molecule has 0 radical (unpaired) electrons. The zero-order valence-electron chi connectivity index (χ0n) is 48.2. The highest BCUT2D eigenvalue weighted by molar-refractivity contribution is 6.15. The summed E-state index contributed by atoms with van der Waals surface area (Å²) in [6.45, 7) is 0. The third-order valence-corrected chi connectivity index (χ3v) is 16.6. The van der Waals surface area contributed by atoms with Gasteiger partial charge in [0.2, 0.25) is 0 Å². The molecule has 0 amide bonds. The molecule has 0 atom stereocenters. The summed E-state index contributed by atoms with van der Waals surface area (Å²) in [5.41, 5.74) is 15.1. The highest BCUT2D eigenvalue weighted by Gasteiger charge is 2.27. The van der Waals surface area contributed by atoms with Crippen LogP contribution < -0.4 is 0 Å². The molecule has 0 saturated carbocycles. The number of aromatic nitrogens is 4. The molecule has 0 saturated heterocycles. The molecule has 0 aliphatic carbocycles. The van der Waals surface area contributed by atoms with Crippen LogP contribution in [-0.4, -0.2) is 19.1 Å². The van der Waals surface area contributed by atoms with Crippen molar-refractivity contribution in [3.63, 3.8) is 0 Å². The monoisotopic (exact) mass is 1170 g/mol. The van der Waals surface area contributed by atoms with Gasteiger partial charge in [-0.25, -0.2) is 9.97 Å². The van der Waals surface area contributed by atoms with Crippen molar-refractivity contribution in [3.8, 4) is 144 Å². The van der Waals surface area contributed by atoms with E-state index >= 15 is 0 Å². The number of benzene rings is 11. The van der Waals surface area contributed by atoms with Gasteiger partial charge < -0.3 is 9.13 Å². The molecule has 0 aliphatic rings. The minimum Gasteiger partial charge on any atom is -0.308 e. The summed E-state index contributed by atoms with van der Waals surface area (Å²) in [6, 6.07) is 89.0. The first-order valence-electron chi connectivity index (χ1n) is 28.7. The summed E-state index contributed by atoms with van der Waals surface area (Å²) < 4.78 is 4.20. The number of fused-ring (bicyclic) bond motifs is 6. The van der Waals surface area contributed by atoms with Crippen LogP contribution in [-0.2, 0) is 0 Å². The van der Waals surface area contributed by atoms with E-state index in [1.807, 2.05) is 152 Å². The zero-order valence-corrected chi connectivity index (χ0v) is 48.2. The molecule has 0 aliphatic heterocycles. The van der Waals surface area contributed by atoms with Crippen LogP contribution in [0.5, 0.6) is 0 Å². The third kappa shape index (κ3) is 9.37. The molecule has 0 unspecified atom stereocenters. The first-order valence-corrected chi connectivity index (χ1v) is 28.7. The van der Waals surface area contributed by atoms with Crippen molar-refractivity contribution in [1.29, 1.82) is 47.4 Å². The summed E-state index contributed by atoms with van der Waals surface area (Å²) in [5.74, 6) is 0.425. The van der Waals surface area contributed by atoms with Crippen LogP contribution >= 0.6 is 0 Å². The van der Waals surface area contributed by atoms with Crippen LogP contribution in [0.3, 0.4) is 0 Å². The summed E-state index contributed by atoms with van der Waals surface area (Å²) >= 11 is 0. The van der Waals surface area contributed by atoms with Crippen molar-refractivity contribution in [3.05, 3.63) is 275 Å². The normalized spacial score (nSPS) is 10.7. The van der Waals surface area contributed by atoms with Crippen molar-refractivity contribution >= 4 is 43.6 Å². The topological polar surface area (TPSA) is 250 Å². The molecule has 418 valence electrons. The fourth-order valence-electron chi connectivity index (χ4n) is 12.4. The molecule has 3 aromatic heterocycles. The Labute approximate surface area is 526 Å². The largest absolute Gasteiger partial charge is 0.308 e. The van der Waals surface area contributed by atoms with Gasteiger partial charge in [0.05, 0.1) is 150 Å². The van der Waals surface area contributed by atoms with Crippen LogP contribution in [0.4, 0.5) is 0 Å². The fourth-order valence-corrected chi connectivity index (χ4v) is 12.4. The van der Waals surface area contributed by atoms with E-state index < -0.39 is 0 Å². The van der Waals surface area contributed by atoms with Crippen molar-refractivity contribution in [2.24, 2.45) is 0 Å². The highest BCUT2D eigenvalue weighted by atomic mass is 15.0. The second-order valence-electron chi connectivity index (χ2n) is 21.7. The molecule has 13 heteroatoms. The van der Waals surface area contributed by atoms with Crippen LogP contribution in [0.25, 0.3) is 133 Å². The standard InChI is InChI=1S/C79H37N13/c80-38-47-11-19-62(58(27-47)43-85)54-15-23-72-66(33-54)67-34-55(63-20-12-48(39-81)28-59(63)44-86)16-24-73(67)91(72)76-31-51(42-84)32-77(78(76)71-37-70(52-7-3-1-4-8-52)89-79(90-71)53-9-5-2-6-10-53)92-74-25-17-56(64-21-13-49(40-82)29-60(64)45-87)35-68(74)69-36-57(18-26-75(69)92)65-22-14-50(41-83)30-61(65)46-88/h1-37H. The quantitative estimate of drug-likeness (QED) is 0.131. The van der Waals surface area contributed by atoms with E-state index in [9.17, 15) is 47.4 Å². The first-order chi connectivity index (χ1) is 45.2. The molecule has 11 aromatic carbocycles. The Morgan fingerprint density at radius 3 is 0.880 bits per heavy atom. The van der Waals surface area contributed by atoms with E-state index in [1.165, 1.54) is 0 Å². The van der Waals surface area contributed by atoms with Crippen LogP contribution in [0.15, 0.2) is 224 Å². The Morgan fingerprint density at radius 1 is 0.250 bits per heavy atom. The second-order valence-corrected chi connectivity index (χ2v) is 21.7. The van der Waals surface area contributed by atoms with Crippen LogP contribution in [0.1, 0.15) is 50.1 Å². The molecular formula is C79H37N13. The molecule has 14 rings (SSSR count). The summed E-state index contributed by atoms with van der Waals surface area (Å²) in [6.07, 6.45) is 0. The highest BCUT2D eigenvalue weighted by Crippen LogP contribution is 2.46. The van der Waals surface area contributed by atoms with Crippen molar-refractivity contribution in [1.82, 2.24) is 19.1 Å². The lowest BCUT2D eigenvalue weighted by Crippen LogP contribution is -2.07. The third-order valence-electron chi connectivity index (χ3n) is 16.6. The Morgan fingerprint density at radius 2 is 0.565 bits per heavy atom. The second kappa shape index (κ2) is 22.7. The predicted octanol–water partition coefficient (Wildman–Crippen LogP) is 17.2. The predicted molar refractivity (Wildman–Crippen MR) is 351 cm³/mol. The van der Waals surface area contributed by atoms with Crippen LogP contribution in [0, 0.1) is 102 Å². The van der Waals surface area contributed by atoms with Gasteiger partial charge in [-0.05, 0) is 160 Å². The molecule has 0 bridgehead atoms. The van der Waals surface area contributed by atoms with Gasteiger partial charge in [0.15, 0.2) is 5.82 Å². The van der Waals surface area contributed by atoms with E-state index in [2.05, 4.69) is 63.8 Å². The van der Waals surface area contributed by atoms with E-state index in [0.717, 1.165) is 32.7 Å². The smallest absolute Gasteiger partial charge is 0.160 e. The molecule has 14 aromatic rings. The summed E-state index contributed by atoms with van der Waals surface area (Å²) in [5, 5.41) is 95.9. The lowest BCUT2D eigenvalue weighted by Gasteiger charge is -2.21. The SMILES string of the molecule is N#Cc1ccc(-c2ccc3c(c2)c2cc(-c4ccc(C#N)cc4C#N)ccc2n3-c2cc(C#N)cc(-n3c4ccc(-c5ccc(C#N)cc5C#N)cc4c4cc(-c5ccc(C#N)cc5C#N)ccc43)c2-c2cc(-c3ccccc3)nc(-c3ccccc3)n2)c(C#N)c1. The number of hydrogen-bond acceptors (Lipinski definition) is 11. The van der Waals surface area contributed by atoms with Crippen LogP contribution in [0.2, 0.25) is 0 Å². The maximum Gasteiger partial charge on any atom is 0.160 e. The van der Waals surface area contributed by atoms with Gasteiger partial charge in [-0.3, -0.25) is 0 Å². The minimum atomic E-state index is 0.283. The lowest BCUT2D eigenvalue weighted by molar-refractivity contribution is 1.11. The average molecular weight is 1170 g/mol. The molecule has 3 heterocycles. The van der Waals surface area contributed by atoms with E-state index in [-0.39, 0.29) is 5.56 Å². The Kier molecular flexibility index (Phi) is 13.7. The number of nitriles is 9. The molecule has 92 heavy (non-hydrogen) atoms. The van der Waals surface area contributed by atoms with Gasteiger partial charge in [-0.2, -0.15) is 47.4 Å². The molecular weight excluding hydrogens is 1130 g/mol. The Bertz CT molecular complexity index is 5330. The molecule has 0 fully saturated rings. The number of rotatable bonds is 9. The Hall–Kier alpha value is -14.5. The number of hydrogen-bond donors (Lipinski definition) is 0. The maximum absolute atomic E-state index is 11.5. The van der Waals surface area contributed by atoms with Gasteiger partial charge in [0.1, 0.15) is 0 Å².